The third-order valence-electron chi connectivity index (χ3n) is 2.69. The van der Waals surface area contributed by atoms with E-state index >= 15 is 0 Å². The highest BCUT2D eigenvalue weighted by Crippen LogP contribution is 2.13. The molecule has 2 nitrogen and oxygen atoms in total. The van der Waals surface area contributed by atoms with E-state index in [1.165, 1.54) is 0 Å². The van der Waals surface area contributed by atoms with Gasteiger partial charge in [-0.25, -0.2) is 0 Å². The Balaban J connectivity index is 2.78. The highest BCUT2D eigenvalue weighted by Gasteiger charge is 2.13. The standard InChI is InChI=1S/C16H21BrClNO/c1-12(2)10-19(16(20)9-4-13(3)18)11-14-5-7-15(17)8-6-14/h4-9,12-13H,10-11H2,1-3H3/b9-4+. The second kappa shape index (κ2) is 8.48. The van der Waals surface area contributed by atoms with Crippen LogP contribution in [0.5, 0.6) is 0 Å². The number of halogens is 2. The van der Waals surface area contributed by atoms with Gasteiger partial charge in [0, 0.05) is 29.0 Å². The molecule has 0 radical (unpaired) electrons. The summed E-state index contributed by atoms with van der Waals surface area (Å²) >= 11 is 9.26. The maximum absolute atomic E-state index is 12.2. The zero-order valence-corrected chi connectivity index (χ0v) is 14.5. The molecule has 0 aliphatic heterocycles. The van der Waals surface area contributed by atoms with Crippen molar-refractivity contribution in [3.05, 3.63) is 46.5 Å². The highest BCUT2D eigenvalue weighted by atomic mass is 79.9. The smallest absolute Gasteiger partial charge is 0.246 e. The van der Waals surface area contributed by atoms with Crippen LogP contribution in [-0.4, -0.2) is 22.7 Å². The number of alkyl halides is 1. The summed E-state index contributed by atoms with van der Waals surface area (Å²) in [5.41, 5.74) is 1.12. The van der Waals surface area contributed by atoms with Gasteiger partial charge in [-0.1, -0.05) is 48.0 Å². The molecular formula is C16H21BrClNO. The monoisotopic (exact) mass is 357 g/mol. The fraction of sp³-hybridized carbons (Fsp3) is 0.438. The predicted molar refractivity (Wildman–Crippen MR) is 88.9 cm³/mol. The summed E-state index contributed by atoms with van der Waals surface area (Å²) in [6.07, 6.45) is 3.29. The van der Waals surface area contributed by atoms with Gasteiger partial charge >= 0.3 is 0 Å². The SMILES string of the molecule is CC(Cl)/C=C/C(=O)N(Cc1ccc(Br)cc1)CC(C)C. The van der Waals surface area contributed by atoms with Crippen LogP contribution in [0.15, 0.2) is 40.9 Å². The number of allylic oxidation sites excluding steroid dienone is 1. The Morgan fingerprint density at radius 1 is 1.30 bits per heavy atom. The number of carbonyl (C=O) groups is 1. The molecule has 0 aromatic heterocycles. The molecule has 0 N–H and O–H groups in total. The lowest BCUT2D eigenvalue weighted by Gasteiger charge is -2.23. The molecule has 0 saturated heterocycles. The Morgan fingerprint density at radius 3 is 2.40 bits per heavy atom. The molecule has 20 heavy (non-hydrogen) atoms. The van der Waals surface area contributed by atoms with E-state index in [4.69, 9.17) is 11.6 Å². The molecule has 1 atom stereocenters. The summed E-state index contributed by atoms with van der Waals surface area (Å²) in [7, 11) is 0. The number of benzene rings is 1. The number of carbonyl (C=O) groups excluding carboxylic acids is 1. The maximum atomic E-state index is 12.2. The number of amides is 1. The van der Waals surface area contributed by atoms with E-state index in [1.54, 1.807) is 12.2 Å². The van der Waals surface area contributed by atoms with E-state index in [1.807, 2.05) is 36.1 Å². The van der Waals surface area contributed by atoms with E-state index < -0.39 is 0 Å². The molecule has 1 aromatic rings. The fourth-order valence-corrected chi connectivity index (χ4v) is 2.14. The molecule has 1 aromatic carbocycles. The van der Waals surface area contributed by atoms with E-state index in [0.29, 0.717) is 12.5 Å². The first kappa shape index (κ1) is 17.3. The first-order valence-corrected chi connectivity index (χ1v) is 7.97. The minimum absolute atomic E-state index is 0.00844. The zero-order chi connectivity index (χ0) is 15.1. The lowest BCUT2D eigenvalue weighted by Crippen LogP contribution is -2.32. The van der Waals surface area contributed by atoms with Crippen LogP contribution in [0.25, 0.3) is 0 Å². The first-order valence-electron chi connectivity index (χ1n) is 6.74. The molecule has 0 fully saturated rings. The van der Waals surface area contributed by atoms with Crippen LogP contribution < -0.4 is 0 Å². The van der Waals surface area contributed by atoms with Gasteiger partial charge in [0.15, 0.2) is 0 Å². The summed E-state index contributed by atoms with van der Waals surface area (Å²) in [6, 6.07) is 8.03. The molecule has 1 unspecified atom stereocenters. The van der Waals surface area contributed by atoms with E-state index in [9.17, 15) is 4.79 Å². The molecule has 0 spiro atoms. The van der Waals surface area contributed by atoms with Crippen LogP contribution in [0.4, 0.5) is 0 Å². The Hall–Kier alpha value is -0.800. The van der Waals surface area contributed by atoms with Crippen molar-refractivity contribution in [1.82, 2.24) is 4.90 Å². The van der Waals surface area contributed by atoms with Crippen LogP contribution >= 0.6 is 27.5 Å². The number of rotatable bonds is 6. The average molecular weight is 359 g/mol. The van der Waals surface area contributed by atoms with Crippen LogP contribution in [0.3, 0.4) is 0 Å². The summed E-state index contributed by atoms with van der Waals surface area (Å²) in [5.74, 6) is 0.436. The molecule has 110 valence electrons. The van der Waals surface area contributed by atoms with Crippen molar-refractivity contribution < 1.29 is 4.79 Å². The van der Waals surface area contributed by atoms with Crippen molar-refractivity contribution in [2.75, 3.05) is 6.54 Å². The van der Waals surface area contributed by atoms with Gasteiger partial charge in [-0.3, -0.25) is 4.79 Å². The van der Waals surface area contributed by atoms with Gasteiger partial charge in [-0.2, -0.15) is 0 Å². The lowest BCUT2D eigenvalue weighted by molar-refractivity contribution is -0.127. The zero-order valence-electron chi connectivity index (χ0n) is 12.1. The summed E-state index contributed by atoms with van der Waals surface area (Å²) in [4.78, 5) is 14.1. The Labute approximate surface area is 134 Å². The van der Waals surface area contributed by atoms with Crippen molar-refractivity contribution in [2.24, 2.45) is 5.92 Å². The average Bonchev–Trinajstić information content (AvgIpc) is 2.37. The second-order valence-corrected chi connectivity index (χ2v) is 6.88. The normalized spacial score (nSPS) is 12.9. The highest BCUT2D eigenvalue weighted by molar-refractivity contribution is 9.10. The molecule has 0 bridgehead atoms. The minimum Gasteiger partial charge on any atom is -0.335 e. The van der Waals surface area contributed by atoms with Crippen molar-refractivity contribution in [3.63, 3.8) is 0 Å². The van der Waals surface area contributed by atoms with Crippen molar-refractivity contribution in [3.8, 4) is 0 Å². The molecular weight excluding hydrogens is 338 g/mol. The quantitative estimate of drug-likeness (QED) is 0.537. The fourth-order valence-electron chi connectivity index (χ4n) is 1.80. The van der Waals surface area contributed by atoms with Crippen LogP contribution in [0.2, 0.25) is 0 Å². The third kappa shape index (κ3) is 6.58. The van der Waals surface area contributed by atoms with Gasteiger partial charge in [0.1, 0.15) is 0 Å². The van der Waals surface area contributed by atoms with E-state index in [0.717, 1.165) is 16.6 Å². The largest absolute Gasteiger partial charge is 0.335 e. The number of hydrogen-bond donors (Lipinski definition) is 0. The van der Waals surface area contributed by atoms with Gasteiger partial charge in [-0.05, 0) is 30.5 Å². The van der Waals surface area contributed by atoms with E-state index in [2.05, 4.69) is 29.8 Å². The van der Waals surface area contributed by atoms with Crippen molar-refractivity contribution >= 4 is 33.4 Å². The van der Waals surface area contributed by atoms with E-state index in [-0.39, 0.29) is 11.3 Å². The summed E-state index contributed by atoms with van der Waals surface area (Å²) < 4.78 is 1.04. The van der Waals surface area contributed by atoms with Gasteiger partial charge in [-0.15, -0.1) is 11.6 Å². The topological polar surface area (TPSA) is 20.3 Å². The molecule has 1 rings (SSSR count). The Morgan fingerprint density at radius 2 is 1.90 bits per heavy atom. The first-order chi connectivity index (χ1) is 9.38. The van der Waals surface area contributed by atoms with Gasteiger partial charge in [0.2, 0.25) is 5.91 Å². The van der Waals surface area contributed by atoms with Crippen molar-refractivity contribution in [1.29, 1.82) is 0 Å². The van der Waals surface area contributed by atoms with Crippen LogP contribution in [-0.2, 0) is 11.3 Å². The molecule has 1 amide bonds. The summed E-state index contributed by atoms with van der Waals surface area (Å²) in [5, 5.41) is -0.132. The predicted octanol–water partition coefficient (Wildman–Crippen LogP) is 4.62. The Kier molecular flexibility index (Phi) is 7.31. The van der Waals surface area contributed by atoms with Gasteiger partial charge in [0.05, 0.1) is 0 Å². The van der Waals surface area contributed by atoms with Crippen LogP contribution in [0.1, 0.15) is 26.3 Å². The molecule has 0 saturated carbocycles. The number of nitrogens with zero attached hydrogens (tertiary/aromatic N) is 1. The van der Waals surface area contributed by atoms with Gasteiger partial charge in [0.25, 0.3) is 0 Å². The Bertz CT molecular complexity index is 454. The van der Waals surface area contributed by atoms with Gasteiger partial charge < -0.3 is 4.90 Å². The number of hydrogen-bond acceptors (Lipinski definition) is 1. The maximum Gasteiger partial charge on any atom is 0.246 e. The van der Waals surface area contributed by atoms with Crippen LogP contribution in [0, 0.1) is 5.92 Å². The lowest BCUT2D eigenvalue weighted by atomic mass is 10.1. The third-order valence-corrected chi connectivity index (χ3v) is 3.36. The summed E-state index contributed by atoms with van der Waals surface area (Å²) in [6.45, 7) is 7.40. The second-order valence-electron chi connectivity index (χ2n) is 5.28. The minimum atomic E-state index is -0.132. The molecule has 4 heteroatoms. The molecule has 0 aliphatic carbocycles. The molecule has 0 heterocycles. The van der Waals surface area contributed by atoms with Crippen molar-refractivity contribution in [2.45, 2.75) is 32.7 Å². The molecule has 0 aliphatic rings.